The summed E-state index contributed by atoms with van der Waals surface area (Å²) < 4.78 is 65.3. The van der Waals surface area contributed by atoms with Gasteiger partial charge in [0.2, 0.25) is 24.4 Å². The van der Waals surface area contributed by atoms with Gasteiger partial charge in [0.1, 0.15) is 54.1 Å². The Balaban J connectivity index is 0.923. The number of aliphatic imine (C=N–C) groups is 2. The molecule has 4 fully saturated rings. The first-order valence-corrected chi connectivity index (χ1v) is 19.7. The average Bonchev–Trinajstić information content (AvgIpc) is 3.91. The molecule has 6 aliphatic heterocycles. The molecular formula is C45H46N2O10. The highest BCUT2D eigenvalue weighted by atomic mass is 16.8. The lowest BCUT2D eigenvalue weighted by Crippen LogP contribution is -2.61. The zero-order chi connectivity index (χ0) is 38.3. The van der Waals surface area contributed by atoms with Crippen molar-refractivity contribution in [2.24, 2.45) is 15.4 Å². The van der Waals surface area contributed by atoms with E-state index in [-0.39, 0.29) is 0 Å². The van der Waals surface area contributed by atoms with Crippen LogP contribution in [-0.2, 0) is 60.6 Å². The molecule has 12 atom stereocenters. The van der Waals surface area contributed by atoms with Crippen molar-refractivity contribution in [2.45, 2.75) is 101 Å². The summed E-state index contributed by atoms with van der Waals surface area (Å²) in [4.78, 5) is 10.4. The molecule has 0 N–H and O–H groups in total. The van der Waals surface area contributed by atoms with Crippen molar-refractivity contribution in [1.82, 2.24) is 0 Å². The largest absolute Gasteiger partial charge is 0.448 e. The van der Waals surface area contributed by atoms with Crippen LogP contribution in [0.25, 0.3) is 0 Å². The van der Waals surface area contributed by atoms with Crippen molar-refractivity contribution in [3.8, 4) is 0 Å². The van der Waals surface area contributed by atoms with Gasteiger partial charge in [0.25, 0.3) is 0 Å². The molecule has 296 valence electrons. The minimum absolute atomic E-state index is 0.306. The molecule has 0 spiro atoms. The number of ether oxygens (including phenoxy) is 10. The van der Waals surface area contributed by atoms with Crippen molar-refractivity contribution in [3.05, 3.63) is 144 Å². The molecule has 12 heteroatoms. The molecule has 0 saturated carbocycles. The topological polar surface area (TPSA) is 117 Å². The van der Waals surface area contributed by atoms with Crippen LogP contribution in [0.2, 0.25) is 0 Å². The fraction of sp³-hybridized carbons (Fsp3) is 0.422. The second-order valence-electron chi connectivity index (χ2n) is 15.7. The Morgan fingerprint density at radius 3 is 1.32 bits per heavy atom. The van der Waals surface area contributed by atoms with Gasteiger partial charge in [-0.1, -0.05) is 121 Å². The molecule has 4 aromatic carbocycles. The van der Waals surface area contributed by atoms with E-state index in [0.717, 1.165) is 22.3 Å². The molecule has 0 unspecified atom stereocenters. The molecule has 0 radical (unpaired) electrons. The maximum absolute atomic E-state index is 6.70. The summed E-state index contributed by atoms with van der Waals surface area (Å²) in [6, 6.07) is 38.9. The number of rotatable bonds is 10. The van der Waals surface area contributed by atoms with Gasteiger partial charge in [-0.25, -0.2) is 9.98 Å². The predicted octanol–water partition coefficient (Wildman–Crippen LogP) is 6.46. The number of hydrogen-bond donors (Lipinski definition) is 0. The summed E-state index contributed by atoms with van der Waals surface area (Å²) in [5, 5.41) is 0. The van der Waals surface area contributed by atoms with Crippen molar-refractivity contribution in [2.75, 3.05) is 13.2 Å². The van der Waals surface area contributed by atoms with Crippen LogP contribution in [0.1, 0.15) is 48.7 Å². The molecule has 6 aliphatic rings. The number of fused-ring (bicyclic) bond motifs is 4. The van der Waals surface area contributed by atoms with Crippen LogP contribution < -0.4 is 0 Å². The third kappa shape index (κ3) is 7.30. The molecule has 0 bridgehead atoms. The summed E-state index contributed by atoms with van der Waals surface area (Å²) in [5.41, 5.74) is 3.01. The van der Waals surface area contributed by atoms with Gasteiger partial charge < -0.3 is 47.4 Å². The van der Waals surface area contributed by atoms with Crippen LogP contribution in [-0.4, -0.2) is 86.3 Å². The summed E-state index contributed by atoms with van der Waals surface area (Å²) in [5.74, 6) is 0.843. The van der Waals surface area contributed by atoms with Gasteiger partial charge in [-0.2, -0.15) is 0 Å². The Morgan fingerprint density at radius 1 is 0.526 bits per heavy atom. The summed E-state index contributed by atoms with van der Waals surface area (Å²) in [6.07, 6.45) is -5.39. The van der Waals surface area contributed by atoms with E-state index in [1.54, 1.807) is 0 Å². The molecule has 10 rings (SSSR count). The van der Waals surface area contributed by atoms with Crippen molar-refractivity contribution in [1.29, 1.82) is 0 Å². The van der Waals surface area contributed by atoms with E-state index in [4.69, 9.17) is 57.4 Å². The lowest BCUT2D eigenvalue weighted by molar-refractivity contribution is -0.335. The number of nitrogens with zero attached hydrogens (tertiary/aromatic N) is 2. The van der Waals surface area contributed by atoms with Crippen LogP contribution in [0.15, 0.2) is 131 Å². The Morgan fingerprint density at radius 2 is 0.912 bits per heavy atom. The predicted molar refractivity (Wildman–Crippen MR) is 206 cm³/mol. The quantitative estimate of drug-likeness (QED) is 0.178. The van der Waals surface area contributed by atoms with Crippen LogP contribution in [0.3, 0.4) is 0 Å². The fourth-order valence-corrected chi connectivity index (χ4v) is 8.32. The van der Waals surface area contributed by atoms with Crippen LogP contribution >= 0.6 is 0 Å². The third-order valence-electron chi connectivity index (χ3n) is 11.4. The Hall–Kier alpha value is -4.50. The maximum Gasteiger partial charge on any atom is 0.227 e. The van der Waals surface area contributed by atoms with E-state index in [1.165, 1.54) is 0 Å². The summed E-state index contributed by atoms with van der Waals surface area (Å²) in [6.45, 7) is 5.31. The van der Waals surface area contributed by atoms with E-state index in [9.17, 15) is 0 Å². The molecular weight excluding hydrogens is 728 g/mol. The van der Waals surface area contributed by atoms with Gasteiger partial charge in [-0.15, -0.1) is 0 Å². The minimum atomic E-state index is -0.917. The lowest BCUT2D eigenvalue weighted by atomic mass is 9.92. The smallest absolute Gasteiger partial charge is 0.227 e. The van der Waals surface area contributed by atoms with E-state index < -0.39 is 79.3 Å². The van der Waals surface area contributed by atoms with E-state index >= 15 is 0 Å². The molecule has 12 nitrogen and oxygen atoms in total. The van der Waals surface area contributed by atoms with Crippen LogP contribution in [0, 0.1) is 5.41 Å². The Kier molecular flexibility index (Phi) is 10.1. The minimum Gasteiger partial charge on any atom is -0.448 e. The molecule has 4 aromatic rings. The van der Waals surface area contributed by atoms with Crippen LogP contribution in [0.4, 0.5) is 0 Å². The molecule has 57 heavy (non-hydrogen) atoms. The second kappa shape index (κ2) is 15.7. The fourth-order valence-electron chi connectivity index (χ4n) is 8.32. The monoisotopic (exact) mass is 774 g/mol. The molecule has 0 aliphatic carbocycles. The first kappa shape index (κ1) is 36.8. The Bertz CT molecular complexity index is 1890. The van der Waals surface area contributed by atoms with Crippen molar-refractivity contribution >= 4 is 11.8 Å². The standard InChI is InChI=1S/C45H46N2O10/c1-45(2,43-46-33-37(48-23-27-15-7-3-8-16-27)35-31(52-41(33)56-43)25-50-39(54-35)29-19-11-5-12-20-29)44-47-34-38(49-24-28-17-9-4-10-18-28)36-32(53-42(34)57-44)26-51-40(55-36)30-21-13-6-14-22-30/h3-22,31-42H,23-26H2,1-2H3/t31-,32-,33-,34-,35-,36-,37-,38-,39-,40-,41-,42-/m1/s1. The zero-order valence-corrected chi connectivity index (χ0v) is 31.8. The summed E-state index contributed by atoms with van der Waals surface area (Å²) in [7, 11) is 0. The highest BCUT2D eigenvalue weighted by Gasteiger charge is 2.59. The van der Waals surface area contributed by atoms with E-state index in [0.29, 0.717) is 38.2 Å². The zero-order valence-electron chi connectivity index (χ0n) is 31.8. The first-order valence-electron chi connectivity index (χ1n) is 19.7. The molecule has 0 amide bonds. The molecule has 0 aromatic heterocycles. The maximum atomic E-state index is 6.70. The number of hydrogen-bond acceptors (Lipinski definition) is 12. The van der Waals surface area contributed by atoms with E-state index in [2.05, 4.69) is 0 Å². The first-order chi connectivity index (χ1) is 28.0. The van der Waals surface area contributed by atoms with E-state index in [1.807, 2.05) is 135 Å². The third-order valence-corrected chi connectivity index (χ3v) is 11.4. The lowest BCUT2D eigenvalue weighted by Gasteiger charge is -2.46. The van der Waals surface area contributed by atoms with Gasteiger partial charge in [-0.3, -0.25) is 0 Å². The average molecular weight is 775 g/mol. The highest BCUT2D eigenvalue weighted by Crippen LogP contribution is 2.44. The van der Waals surface area contributed by atoms with Crippen LogP contribution in [0.5, 0.6) is 0 Å². The van der Waals surface area contributed by atoms with Gasteiger partial charge >= 0.3 is 0 Å². The van der Waals surface area contributed by atoms with Gasteiger partial charge in [0.15, 0.2) is 12.6 Å². The second-order valence-corrected chi connectivity index (χ2v) is 15.7. The normalized spacial score (nSPS) is 34.4. The van der Waals surface area contributed by atoms with Gasteiger partial charge in [-0.05, 0) is 25.0 Å². The van der Waals surface area contributed by atoms with Crippen molar-refractivity contribution < 1.29 is 47.4 Å². The molecule has 6 heterocycles. The highest BCUT2D eigenvalue weighted by molar-refractivity contribution is 6.05. The Labute approximate surface area is 331 Å². The van der Waals surface area contributed by atoms with Crippen molar-refractivity contribution in [3.63, 3.8) is 0 Å². The van der Waals surface area contributed by atoms with Gasteiger partial charge in [0.05, 0.1) is 26.4 Å². The number of benzene rings is 4. The summed E-state index contributed by atoms with van der Waals surface area (Å²) >= 11 is 0. The SMILES string of the molecule is CC(C)(C1=N[C@H]2[C@@H](O1)O[C@@H]1CO[C@@H](c3ccccc3)O[C@H]1[C@@H]2OCc1ccccc1)C1=N[C@H]2[C@@H](O1)O[C@@H]1CO[C@@H](c3ccccc3)O[C@H]1[C@@H]2OCc1ccccc1. The molecule has 4 saturated heterocycles. The van der Waals surface area contributed by atoms with Gasteiger partial charge in [0, 0.05) is 11.1 Å².